The molecule has 6 nitrogen and oxygen atoms in total. The van der Waals surface area contributed by atoms with Gasteiger partial charge in [-0.1, -0.05) is 0 Å². The van der Waals surface area contributed by atoms with Crippen LogP contribution in [0.25, 0.3) is 0 Å². The molecule has 1 aliphatic rings. The maximum atomic E-state index is 12.7. The molecule has 2 atom stereocenters. The van der Waals surface area contributed by atoms with Crippen molar-refractivity contribution in [1.29, 1.82) is 0 Å². The van der Waals surface area contributed by atoms with Gasteiger partial charge in [0.1, 0.15) is 5.69 Å². The van der Waals surface area contributed by atoms with Crippen LogP contribution in [-0.4, -0.2) is 37.4 Å². The van der Waals surface area contributed by atoms with E-state index in [1.54, 1.807) is 0 Å². The lowest BCUT2D eigenvalue weighted by atomic mass is 10.1. The number of methoxy groups -OCH3 is 1. The van der Waals surface area contributed by atoms with Gasteiger partial charge in [-0.05, 0) is 25.0 Å². The van der Waals surface area contributed by atoms with Crippen molar-refractivity contribution in [3.8, 4) is 0 Å². The summed E-state index contributed by atoms with van der Waals surface area (Å²) in [5, 5.41) is 14.0. The van der Waals surface area contributed by atoms with Crippen LogP contribution < -0.4 is 5.32 Å². The Morgan fingerprint density at radius 3 is 2.78 bits per heavy atom. The number of nitrogens with one attached hydrogen (secondary N) is 1. The van der Waals surface area contributed by atoms with Gasteiger partial charge >= 0.3 is 6.18 Å². The number of halogens is 3. The van der Waals surface area contributed by atoms with Crippen molar-refractivity contribution >= 4 is 11.4 Å². The van der Waals surface area contributed by atoms with E-state index in [1.165, 1.54) is 7.11 Å². The molecule has 1 heterocycles. The second kappa shape index (κ2) is 7.14. The number of rotatable bonds is 6. The van der Waals surface area contributed by atoms with Crippen LogP contribution in [0.2, 0.25) is 0 Å². The summed E-state index contributed by atoms with van der Waals surface area (Å²) in [5.41, 5.74) is -1.67. The van der Waals surface area contributed by atoms with Gasteiger partial charge in [0.2, 0.25) is 0 Å². The Labute approximate surface area is 130 Å². The summed E-state index contributed by atoms with van der Waals surface area (Å²) in [6.45, 7) is 0.810. The molecule has 1 saturated heterocycles. The minimum atomic E-state index is -4.64. The molecule has 0 aromatic heterocycles. The smallest absolute Gasteiger partial charge is 0.382 e. The van der Waals surface area contributed by atoms with Crippen molar-refractivity contribution in [2.75, 3.05) is 25.6 Å². The van der Waals surface area contributed by atoms with Crippen LogP contribution >= 0.6 is 0 Å². The Morgan fingerprint density at radius 2 is 2.26 bits per heavy atom. The number of nitrogens with zero attached hydrogens (tertiary/aromatic N) is 1. The molecular weight excluding hydrogens is 317 g/mol. The van der Waals surface area contributed by atoms with Gasteiger partial charge in [0.15, 0.2) is 0 Å². The summed E-state index contributed by atoms with van der Waals surface area (Å²) in [6.07, 6.45) is -3.21. The zero-order valence-corrected chi connectivity index (χ0v) is 12.4. The van der Waals surface area contributed by atoms with Crippen LogP contribution in [0.1, 0.15) is 18.4 Å². The van der Waals surface area contributed by atoms with Gasteiger partial charge in [-0.15, -0.1) is 0 Å². The largest absolute Gasteiger partial charge is 0.416 e. The van der Waals surface area contributed by atoms with Gasteiger partial charge in [0.05, 0.1) is 29.2 Å². The second-order valence-electron chi connectivity index (χ2n) is 5.24. The van der Waals surface area contributed by atoms with E-state index >= 15 is 0 Å². The highest BCUT2D eigenvalue weighted by Crippen LogP contribution is 2.35. The fourth-order valence-electron chi connectivity index (χ4n) is 2.52. The molecule has 0 bridgehead atoms. The normalized spacial score (nSPS) is 19.6. The van der Waals surface area contributed by atoms with E-state index in [2.05, 4.69) is 5.32 Å². The van der Waals surface area contributed by atoms with E-state index in [9.17, 15) is 23.3 Å². The first-order valence-corrected chi connectivity index (χ1v) is 7.05. The zero-order chi connectivity index (χ0) is 17.0. The number of benzene rings is 1. The third-order valence-electron chi connectivity index (χ3n) is 3.62. The number of nitro groups is 1. The molecule has 1 N–H and O–H groups in total. The standard InChI is InChI=1S/C14H17F3N2O4/c1-22-8-11(13-3-2-6-23-13)18-10-5-4-9(14(15,16)17)7-12(10)19(20)21/h4-5,7,11,13,18H,2-3,6,8H2,1H3/t11-,13-/m1/s1. The fourth-order valence-corrected chi connectivity index (χ4v) is 2.52. The first-order valence-electron chi connectivity index (χ1n) is 7.05. The van der Waals surface area contributed by atoms with Crippen LogP contribution in [0.4, 0.5) is 24.5 Å². The molecular formula is C14H17F3N2O4. The Kier molecular flexibility index (Phi) is 5.42. The molecule has 9 heteroatoms. The molecule has 2 rings (SSSR count). The molecule has 23 heavy (non-hydrogen) atoms. The van der Waals surface area contributed by atoms with E-state index in [0.717, 1.165) is 25.0 Å². The maximum absolute atomic E-state index is 12.7. The van der Waals surface area contributed by atoms with E-state index in [-0.39, 0.29) is 24.4 Å². The first-order chi connectivity index (χ1) is 10.8. The molecule has 0 amide bonds. The van der Waals surface area contributed by atoms with Gasteiger partial charge in [0, 0.05) is 19.8 Å². The third kappa shape index (κ3) is 4.32. The lowest BCUT2D eigenvalue weighted by Gasteiger charge is -2.24. The number of hydrogen-bond donors (Lipinski definition) is 1. The molecule has 1 fully saturated rings. The zero-order valence-electron chi connectivity index (χ0n) is 12.4. The molecule has 0 radical (unpaired) electrons. The van der Waals surface area contributed by atoms with Crippen molar-refractivity contribution in [3.05, 3.63) is 33.9 Å². The molecule has 1 aromatic rings. The Balaban J connectivity index is 2.27. The number of nitro benzene ring substituents is 1. The van der Waals surface area contributed by atoms with Crippen molar-refractivity contribution in [1.82, 2.24) is 0 Å². The molecule has 1 aromatic carbocycles. The summed E-state index contributed by atoms with van der Waals surface area (Å²) in [7, 11) is 1.48. The van der Waals surface area contributed by atoms with Crippen LogP contribution in [0.15, 0.2) is 18.2 Å². The topological polar surface area (TPSA) is 73.6 Å². The lowest BCUT2D eigenvalue weighted by molar-refractivity contribution is -0.384. The van der Waals surface area contributed by atoms with Crippen molar-refractivity contribution in [3.63, 3.8) is 0 Å². The van der Waals surface area contributed by atoms with Gasteiger partial charge < -0.3 is 14.8 Å². The van der Waals surface area contributed by atoms with Crippen molar-refractivity contribution in [2.24, 2.45) is 0 Å². The summed E-state index contributed by atoms with van der Waals surface area (Å²) < 4.78 is 48.7. The predicted octanol–water partition coefficient (Wildman–Crippen LogP) is 3.22. The van der Waals surface area contributed by atoms with E-state index in [1.807, 2.05) is 0 Å². The van der Waals surface area contributed by atoms with Crippen LogP contribution in [-0.2, 0) is 15.7 Å². The van der Waals surface area contributed by atoms with Crippen molar-refractivity contribution in [2.45, 2.75) is 31.2 Å². The van der Waals surface area contributed by atoms with E-state index in [4.69, 9.17) is 9.47 Å². The maximum Gasteiger partial charge on any atom is 0.416 e. The van der Waals surface area contributed by atoms with E-state index < -0.39 is 22.4 Å². The molecule has 0 saturated carbocycles. The number of ether oxygens (including phenoxy) is 2. The summed E-state index contributed by atoms with van der Waals surface area (Å²) >= 11 is 0. The molecule has 0 aliphatic carbocycles. The molecule has 0 unspecified atom stereocenters. The average molecular weight is 334 g/mol. The number of hydrogen-bond acceptors (Lipinski definition) is 5. The highest BCUT2D eigenvalue weighted by Gasteiger charge is 2.34. The van der Waals surface area contributed by atoms with E-state index in [0.29, 0.717) is 12.7 Å². The first kappa shape index (κ1) is 17.5. The second-order valence-corrected chi connectivity index (χ2v) is 5.24. The number of anilines is 1. The van der Waals surface area contributed by atoms with Gasteiger partial charge in [0.25, 0.3) is 5.69 Å². The quantitative estimate of drug-likeness (QED) is 0.639. The number of alkyl halides is 3. The molecule has 0 spiro atoms. The fraction of sp³-hybridized carbons (Fsp3) is 0.571. The van der Waals surface area contributed by atoms with Crippen LogP contribution in [0, 0.1) is 10.1 Å². The molecule has 1 aliphatic heterocycles. The van der Waals surface area contributed by atoms with Gasteiger partial charge in [-0.25, -0.2) is 0 Å². The highest BCUT2D eigenvalue weighted by molar-refractivity contribution is 5.63. The van der Waals surface area contributed by atoms with Gasteiger partial charge in [-0.3, -0.25) is 10.1 Å². The van der Waals surface area contributed by atoms with Gasteiger partial charge in [-0.2, -0.15) is 13.2 Å². The minimum Gasteiger partial charge on any atom is -0.382 e. The minimum absolute atomic E-state index is 0.0144. The summed E-state index contributed by atoms with van der Waals surface area (Å²) in [5.74, 6) is 0. The Morgan fingerprint density at radius 1 is 1.52 bits per heavy atom. The molecule has 128 valence electrons. The third-order valence-corrected chi connectivity index (χ3v) is 3.62. The SMILES string of the molecule is COC[C@@H](Nc1ccc(C(F)(F)F)cc1[N+](=O)[O-])[C@H]1CCCO1. The predicted molar refractivity (Wildman–Crippen MR) is 76.4 cm³/mol. The average Bonchev–Trinajstić information content (AvgIpc) is 2.99. The van der Waals surface area contributed by atoms with Crippen molar-refractivity contribution < 1.29 is 27.6 Å². The highest BCUT2D eigenvalue weighted by atomic mass is 19.4. The van der Waals surface area contributed by atoms with Crippen LogP contribution in [0.3, 0.4) is 0 Å². The summed E-state index contributed by atoms with van der Waals surface area (Å²) in [6, 6.07) is 2.03. The lowest BCUT2D eigenvalue weighted by Crippen LogP contribution is -2.37. The summed E-state index contributed by atoms with van der Waals surface area (Å²) in [4.78, 5) is 10.3. The monoisotopic (exact) mass is 334 g/mol. The van der Waals surface area contributed by atoms with Crippen LogP contribution in [0.5, 0.6) is 0 Å². The Hall–Kier alpha value is -1.87. The Bertz CT molecular complexity index is 559.